The minimum Gasteiger partial charge on any atom is -0.338 e. The van der Waals surface area contributed by atoms with Crippen LogP contribution in [0.15, 0.2) is 36.7 Å². The van der Waals surface area contributed by atoms with E-state index in [2.05, 4.69) is 19.8 Å². The van der Waals surface area contributed by atoms with Crippen LogP contribution in [-0.2, 0) is 0 Å². The molecule has 24 heavy (non-hydrogen) atoms. The Hall–Kier alpha value is -1.69. The highest BCUT2D eigenvalue weighted by Gasteiger charge is 2.18. The highest BCUT2D eigenvalue weighted by Crippen LogP contribution is 2.21. The predicted molar refractivity (Wildman–Crippen MR) is 99.4 cm³/mol. The van der Waals surface area contributed by atoms with Crippen LogP contribution in [0.25, 0.3) is 11.1 Å². The van der Waals surface area contributed by atoms with E-state index >= 15 is 0 Å². The first-order valence-corrected chi connectivity index (χ1v) is 8.89. The molecule has 2 aromatic rings. The lowest BCUT2D eigenvalue weighted by Crippen LogP contribution is -2.47. The highest BCUT2D eigenvalue weighted by molar-refractivity contribution is 6.30. The fourth-order valence-electron chi connectivity index (χ4n) is 2.93. The molecule has 5 nitrogen and oxygen atoms in total. The van der Waals surface area contributed by atoms with Crippen molar-refractivity contribution in [2.75, 3.05) is 44.2 Å². The lowest BCUT2D eigenvalue weighted by molar-refractivity contribution is 0.252. The van der Waals surface area contributed by atoms with Crippen molar-refractivity contribution >= 4 is 17.5 Å². The average molecular weight is 346 g/mol. The predicted octanol–water partition coefficient (Wildman–Crippen LogP) is 2.66. The second-order valence-corrected chi connectivity index (χ2v) is 6.54. The Bertz CT molecular complexity index is 621. The van der Waals surface area contributed by atoms with Crippen molar-refractivity contribution in [3.05, 3.63) is 41.7 Å². The Kier molecular flexibility index (Phi) is 6.01. The van der Waals surface area contributed by atoms with E-state index < -0.39 is 0 Å². The molecule has 1 saturated heterocycles. The van der Waals surface area contributed by atoms with Crippen molar-refractivity contribution in [1.82, 2.24) is 14.9 Å². The molecular weight excluding hydrogens is 322 g/mol. The van der Waals surface area contributed by atoms with Gasteiger partial charge in [-0.05, 0) is 43.6 Å². The van der Waals surface area contributed by atoms with Gasteiger partial charge in [0.15, 0.2) is 0 Å². The summed E-state index contributed by atoms with van der Waals surface area (Å²) in [5, 5.41) is 0.737. The topological polar surface area (TPSA) is 58.3 Å². The molecule has 6 heteroatoms. The molecule has 1 fully saturated rings. The quantitative estimate of drug-likeness (QED) is 0.816. The minimum atomic E-state index is 0.737. The fourth-order valence-corrected chi connectivity index (χ4v) is 3.05. The summed E-state index contributed by atoms with van der Waals surface area (Å²) in [7, 11) is 0. The molecule has 0 atom stereocenters. The molecule has 1 aromatic carbocycles. The number of hydrogen-bond acceptors (Lipinski definition) is 5. The number of hydrogen-bond donors (Lipinski definition) is 1. The van der Waals surface area contributed by atoms with E-state index in [1.807, 2.05) is 36.7 Å². The first kappa shape index (κ1) is 17.1. The Labute approximate surface area is 148 Å². The second kappa shape index (κ2) is 8.42. The maximum absolute atomic E-state index is 5.93. The molecule has 1 aliphatic heterocycles. The molecule has 1 aromatic heterocycles. The van der Waals surface area contributed by atoms with Crippen LogP contribution in [0.1, 0.15) is 12.8 Å². The summed E-state index contributed by atoms with van der Waals surface area (Å²) in [5.74, 6) is 0.814. The van der Waals surface area contributed by atoms with Crippen LogP contribution < -0.4 is 10.6 Å². The van der Waals surface area contributed by atoms with Gasteiger partial charge in [-0.25, -0.2) is 9.97 Å². The van der Waals surface area contributed by atoms with Gasteiger partial charge in [0.25, 0.3) is 0 Å². The van der Waals surface area contributed by atoms with Crippen molar-refractivity contribution in [2.45, 2.75) is 12.8 Å². The zero-order valence-electron chi connectivity index (χ0n) is 13.9. The van der Waals surface area contributed by atoms with Gasteiger partial charge < -0.3 is 10.6 Å². The van der Waals surface area contributed by atoms with Crippen LogP contribution in [0.2, 0.25) is 5.02 Å². The fraction of sp³-hybridized carbons (Fsp3) is 0.444. The van der Waals surface area contributed by atoms with E-state index in [9.17, 15) is 0 Å². The van der Waals surface area contributed by atoms with Gasteiger partial charge in [0.2, 0.25) is 5.95 Å². The Morgan fingerprint density at radius 3 is 2.21 bits per heavy atom. The molecule has 2 heterocycles. The molecule has 3 rings (SSSR count). The molecule has 128 valence electrons. The lowest BCUT2D eigenvalue weighted by atomic mass is 10.1. The van der Waals surface area contributed by atoms with Crippen LogP contribution >= 0.6 is 11.6 Å². The van der Waals surface area contributed by atoms with E-state index in [1.165, 1.54) is 6.42 Å². The van der Waals surface area contributed by atoms with Gasteiger partial charge in [-0.15, -0.1) is 0 Å². The van der Waals surface area contributed by atoms with Crippen LogP contribution in [0.5, 0.6) is 0 Å². The molecule has 0 bridgehead atoms. The minimum absolute atomic E-state index is 0.737. The first-order chi connectivity index (χ1) is 11.8. The molecule has 0 spiro atoms. The maximum atomic E-state index is 5.93. The molecule has 0 radical (unpaired) electrons. The van der Waals surface area contributed by atoms with E-state index in [4.69, 9.17) is 17.3 Å². The molecular formula is C18H24ClN5. The average Bonchev–Trinajstić information content (AvgIpc) is 2.63. The number of aromatic nitrogens is 2. The van der Waals surface area contributed by atoms with Gasteiger partial charge in [0, 0.05) is 49.2 Å². The van der Waals surface area contributed by atoms with E-state index in [0.29, 0.717) is 0 Å². The van der Waals surface area contributed by atoms with Gasteiger partial charge in [0.1, 0.15) is 0 Å². The van der Waals surface area contributed by atoms with Crippen molar-refractivity contribution in [3.8, 4) is 11.1 Å². The molecule has 0 amide bonds. The number of unbranched alkanes of at least 4 members (excludes halogenated alkanes) is 1. The molecule has 0 aliphatic carbocycles. The zero-order chi connectivity index (χ0) is 16.8. The van der Waals surface area contributed by atoms with Crippen LogP contribution in [0.3, 0.4) is 0 Å². The smallest absolute Gasteiger partial charge is 0.225 e. The molecule has 0 unspecified atom stereocenters. The Morgan fingerprint density at radius 1 is 0.917 bits per heavy atom. The molecule has 2 N–H and O–H groups in total. The Balaban J connectivity index is 1.56. The number of nitrogens with zero attached hydrogens (tertiary/aromatic N) is 4. The summed E-state index contributed by atoms with van der Waals surface area (Å²) in [6.07, 6.45) is 6.07. The molecule has 1 aliphatic rings. The van der Waals surface area contributed by atoms with Crippen LogP contribution in [0.4, 0.5) is 5.95 Å². The van der Waals surface area contributed by atoms with Gasteiger partial charge in [-0.3, -0.25) is 4.90 Å². The Morgan fingerprint density at radius 2 is 1.58 bits per heavy atom. The van der Waals surface area contributed by atoms with Crippen LogP contribution in [0, 0.1) is 0 Å². The second-order valence-electron chi connectivity index (χ2n) is 6.10. The summed E-state index contributed by atoms with van der Waals surface area (Å²) < 4.78 is 0. The standard InChI is InChI=1S/C18H24ClN5/c19-17-5-3-15(4-6-17)16-13-21-18(22-14-16)24-11-9-23(10-12-24)8-2-1-7-20/h3-6,13-14H,1-2,7-12,20H2. The summed E-state index contributed by atoms with van der Waals surface area (Å²) in [5.41, 5.74) is 7.64. The summed E-state index contributed by atoms with van der Waals surface area (Å²) >= 11 is 5.93. The SMILES string of the molecule is NCCCCN1CCN(c2ncc(-c3ccc(Cl)cc3)cn2)CC1. The number of nitrogens with two attached hydrogens (primary N) is 1. The zero-order valence-corrected chi connectivity index (χ0v) is 14.6. The third-order valence-electron chi connectivity index (χ3n) is 4.40. The third-order valence-corrected chi connectivity index (χ3v) is 4.65. The summed E-state index contributed by atoms with van der Waals surface area (Å²) in [6, 6.07) is 7.74. The van der Waals surface area contributed by atoms with Crippen LogP contribution in [-0.4, -0.2) is 54.1 Å². The van der Waals surface area contributed by atoms with E-state index in [1.54, 1.807) is 0 Å². The number of halogens is 1. The molecule has 0 saturated carbocycles. The van der Waals surface area contributed by atoms with Crippen molar-refractivity contribution in [1.29, 1.82) is 0 Å². The normalized spacial score (nSPS) is 15.7. The highest BCUT2D eigenvalue weighted by atomic mass is 35.5. The monoisotopic (exact) mass is 345 g/mol. The van der Waals surface area contributed by atoms with E-state index in [-0.39, 0.29) is 0 Å². The first-order valence-electron chi connectivity index (χ1n) is 8.51. The number of anilines is 1. The van der Waals surface area contributed by atoms with Crippen molar-refractivity contribution in [2.24, 2.45) is 5.73 Å². The van der Waals surface area contributed by atoms with Crippen molar-refractivity contribution < 1.29 is 0 Å². The van der Waals surface area contributed by atoms with Gasteiger partial charge in [0.05, 0.1) is 0 Å². The van der Waals surface area contributed by atoms with Gasteiger partial charge in [-0.1, -0.05) is 23.7 Å². The van der Waals surface area contributed by atoms with Crippen molar-refractivity contribution in [3.63, 3.8) is 0 Å². The number of benzene rings is 1. The third kappa shape index (κ3) is 4.44. The summed E-state index contributed by atoms with van der Waals surface area (Å²) in [4.78, 5) is 13.8. The van der Waals surface area contributed by atoms with Gasteiger partial charge in [-0.2, -0.15) is 0 Å². The summed E-state index contributed by atoms with van der Waals surface area (Å²) in [6.45, 7) is 6.00. The van der Waals surface area contributed by atoms with Gasteiger partial charge >= 0.3 is 0 Å². The number of rotatable bonds is 6. The largest absolute Gasteiger partial charge is 0.338 e. The number of piperazine rings is 1. The lowest BCUT2D eigenvalue weighted by Gasteiger charge is -2.34. The maximum Gasteiger partial charge on any atom is 0.225 e. The van der Waals surface area contributed by atoms with E-state index in [0.717, 1.165) is 67.8 Å².